The van der Waals surface area contributed by atoms with Crippen molar-refractivity contribution in [3.05, 3.63) is 178 Å². The standard InChI is InChI=1S/C49H47N/c1-32-13-11-17-37(27-32)50(39-23-25-41-40-19-9-10-20-44(40)48(2,3)47(41)31-39)38-18-12-16-34(28-38)35-22-26-45-43(29-35)42-24-21-36(30-46(42)49(45,4)5)33-14-7-6-8-15-33/h7,9-21,23-25,27-30,39H,6,8,22,26,31H2,1-5H3. The second-order valence-corrected chi connectivity index (χ2v) is 16.0. The summed E-state index contributed by atoms with van der Waals surface area (Å²) in [6.45, 7) is 11.9. The second-order valence-electron chi connectivity index (χ2n) is 16.0. The first kappa shape index (κ1) is 31.1. The van der Waals surface area contributed by atoms with Crippen molar-refractivity contribution >= 4 is 33.7 Å². The Labute approximate surface area is 298 Å². The lowest BCUT2D eigenvalue weighted by atomic mass is 9.76. The first-order chi connectivity index (χ1) is 24.2. The molecule has 0 aromatic heterocycles. The minimum Gasteiger partial charge on any atom is -0.334 e. The third-order valence-electron chi connectivity index (χ3n) is 12.3. The number of hydrogen-bond donors (Lipinski definition) is 0. The van der Waals surface area contributed by atoms with Crippen molar-refractivity contribution in [3.8, 4) is 0 Å². The molecule has 0 saturated carbocycles. The zero-order valence-electron chi connectivity index (χ0n) is 30.2. The number of aryl methyl sites for hydroxylation is 1. The summed E-state index contributed by atoms with van der Waals surface area (Å²) in [6, 6.07) is 34.9. The van der Waals surface area contributed by atoms with Crippen molar-refractivity contribution in [3.63, 3.8) is 0 Å². The second kappa shape index (κ2) is 11.6. The average Bonchev–Trinajstić information content (AvgIpc) is 3.51. The summed E-state index contributed by atoms with van der Waals surface area (Å²) in [4.78, 5) is 2.59. The Bertz CT molecular complexity index is 2260. The van der Waals surface area contributed by atoms with Crippen LogP contribution in [-0.4, -0.2) is 6.04 Å². The van der Waals surface area contributed by atoms with Gasteiger partial charge in [-0.15, -0.1) is 0 Å². The fourth-order valence-corrected chi connectivity index (χ4v) is 9.62. The van der Waals surface area contributed by atoms with E-state index in [2.05, 4.69) is 167 Å². The van der Waals surface area contributed by atoms with Gasteiger partial charge in [-0.3, -0.25) is 0 Å². The summed E-state index contributed by atoms with van der Waals surface area (Å²) in [6.07, 6.45) is 19.9. The van der Waals surface area contributed by atoms with Gasteiger partial charge in [0.2, 0.25) is 0 Å². The van der Waals surface area contributed by atoms with E-state index in [1.54, 1.807) is 11.1 Å². The smallest absolute Gasteiger partial charge is 0.0563 e. The lowest BCUT2D eigenvalue weighted by Crippen LogP contribution is -2.33. The quantitative estimate of drug-likeness (QED) is 0.208. The third kappa shape index (κ3) is 4.89. The number of nitrogens with zero attached hydrogens (tertiary/aromatic N) is 1. The molecule has 1 unspecified atom stereocenters. The fraction of sp³-hybridized carbons (Fsp3) is 0.265. The minimum atomic E-state index is 0.0174. The van der Waals surface area contributed by atoms with E-state index in [-0.39, 0.29) is 16.9 Å². The van der Waals surface area contributed by atoms with Gasteiger partial charge in [0, 0.05) is 22.2 Å². The van der Waals surface area contributed by atoms with Crippen LogP contribution >= 0.6 is 0 Å². The molecule has 1 heteroatoms. The van der Waals surface area contributed by atoms with Crippen LogP contribution in [-0.2, 0) is 10.8 Å². The average molecular weight is 650 g/mol. The highest BCUT2D eigenvalue weighted by Crippen LogP contribution is 2.54. The van der Waals surface area contributed by atoms with Gasteiger partial charge in [0.15, 0.2) is 0 Å². The van der Waals surface area contributed by atoms with Gasteiger partial charge in [0.25, 0.3) is 0 Å². The van der Waals surface area contributed by atoms with E-state index >= 15 is 0 Å². The molecule has 248 valence electrons. The summed E-state index contributed by atoms with van der Waals surface area (Å²) in [7, 11) is 0. The van der Waals surface area contributed by atoms with Gasteiger partial charge in [0.05, 0.1) is 6.04 Å². The van der Waals surface area contributed by atoms with Crippen LogP contribution in [0.1, 0.15) is 98.7 Å². The third-order valence-corrected chi connectivity index (χ3v) is 12.3. The van der Waals surface area contributed by atoms with E-state index in [1.165, 1.54) is 72.6 Å². The molecule has 0 fully saturated rings. The summed E-state index contributed by atoms with van der Waals surface area (Å²) < 4.78 is 0. The fourth-order valence-electron chi connectivity index (χ4n) is 9.62. The number of rotatable bonds is 5. The van der Waals surface area contributed by atoms with Gasteiger partial charge in [0.1, 0.15) is 0 Å². The molecule has 5 aliphatic carbocycles. The monoisotopic (exact) mass is 649 g/mol. The highest BCUT2D eigenvalue weighted by atomic mass is 15.2. The molecular formula is C49H47N. The van der Waals surface area contributed by atoms with Crippen LogP contribution in [0.2, 0.25) is 0 Å². The molecule has 4 aromatic rings. The van der Waals surface area contributed by atoms with Crippen LogP contribution in [0.25, 0.3) is 22.3 Å². The highest BCUT2D eigenvalue weighted by molar-refractivity contribution is 5.95. The zero-order chi connectivity index (χ0) is 34.2. The van der Waals surface area contributed by atoms with Crippen LogP contribution in [0.15, 0.2) is 139 Å². The van der Waals surface area contributed by atoms with E-state index in [0.717, 1.165) is 32.1 Å². The largest absolute Gasteiger partial charge is 0.334 e. The van der Waals surface area contributed by atoms with Crippen molar-refractivity contribution in [1.82, 2.24) is 0 Å². The van der Waals surface area contributed by atoms with Crippen LogP contribution < -0.4 is 4.90 Å². The molecule has 0 heterocycles. The van der Waals surface area contributed by atoms with Gasteiger partial charge in [-0.2, -0.15) is 0 Å². The first-order valence-electron chi connectivity index (χ1n) is 18.6. The van der Waals surface area contributed by atoms with E-state index in [1.807, 2.05) is 0 Å². The minimum absolute atomic E-state index is 0.0174. The predicted molar refractivity (Wildman–Crippen MR) is 214 cm³/mol. The van der Waals surface area contributed by atoms with Crippen molar-refractivity contribution in [2.45, 2.75) is 83.6 Å². The van der Waals surface area contributed by atoms with Crippen LogP contribution in [0.3, 0.4) is 0 Å². The first-order valence-corrected chi connectivity index (χ1v) is 18.6. The molecule has 50 heavy (non-hydrogen) atoms. The summed E-state index contributed by atoms with van der Waals surface area (Å²) in [5, 5.41) is 0. The Morgan fingerprint density at radius 3 is 2.24 bits per heavy atom. The lowest BCUT2D eigenvalue weighted by Gasteiger charge is -2.37. The van der Waals surface area contributed by atoms with Crippen molar-refractivity contribution in [1.29, 1.82) is 0 Å². The SMILES string of the molecule is Cc1cccc(N(c2cccc(C3=CC4=C(CC3)C(C)(C)c3cc(C5=CCCC=C5)ccc34)c2)C2C=CC3=C(C2)C(C)(C)c2ccccc23)c1. The lowest BCUT2D eigenvalue weighted by molar-refractivity contribution is 0.585. The summed E-state index contributed by atoms with van der Waals surface area (Å²) >= 11 is 0. The molecule has 0 spiro atoms. The van der Waals surface area contributed by atoms with Gasteiger partial charge >= 0.3 is 0 Å². The summed E-state index contributed by atoms with van der Waals surface area (Å²) in [5.74, 6) is 0. The van der Waals surface area contributed by atoms with Gasteiger partial charge < -0.3 is 4.90 Å². The molecular weight excluding hydrogens is 603 g/mol. The summed E-state index contributed by atoms with van der Waals surface area (Å²) in [5.41, 5.74) is 21.1. The molecule has 4 aromatic carbocycles. The Kier molecular flexibility index (Phi) is 7.22. The van der Waals surface area contributed by atoms with E-state index < -0.39 is 0 Å². The number of fused-ring (bicyclic) bond motifs is 4. The van der Waals surface area contributed by atoms with E-state index in [9.17, 15) is 0 Å². The molecule has 0 saturated heterocycles. The maximum atomic E-state index is 2.59. The Morgan fingerprint density at radius 1 is 0.640 bits per heavy atom. The molecule has 1 atom stereocenters. The predicted octanol–water partition coefficient (Wildman–Crippen LogP) is 12.9. The molecule has 1 nitrogen and oxygen atoms in total. The highest BCUT2D eigenvalue weighted by Gasteiger charge is 2.41. The topological polar surface area (TPSA) is 3.24 Å². The maximum absolute atomic E-state index is 2.59. The van der Waals surface area contributed by atoms with E-state index in [4.69, 9.17) is 0 Å². The van der Waals surface area contributed by atoms with Gasteiger partial charge in [-0.25, -0.2) is 0 Å². The number of hydrogen-bond acceptors (Lipinski definition) is 1. The molecule has 0 bridgehead atoms. The van der Waals surface area contributed by atoms with Gasteiger partial charge in [-0.05, 0) is 136 Å². The Morgan fingerprint density at radius 2 is 1.42 bits per heavy atom. The Balaban J connectivity index is 1.08. The van der Waals surface area contributed by atoms with Crippen LogP contribution in [0, 0.1) is 6.92 Å². The number of allylic oxidation sites excluding steroid dienone is 10. The molecule has 0 radical (unpaired) electrons. The van der Waals surface area contributed by atoms with Gasteiger partial charge in [-0.1, -0.05) is 130 Å². The maximum Gasteiger partial charge on any atom is 0.0563 e. The molecule has 0 N–H and O–H groups in total. The van der Waals surface area contributed by atoms with Crippen molar-refractivity contribution in [2.24, 2.45) is 0 Å². The number of benzene rings is 4. The molecule has 5 aliphatic rings. The number of anilines is 2. The normalized spacial score (nSPS) is 20.9. The molecule has 0 amide bonds. The van der Waals surface area contributed by atoms with Crippen molar-refractivity contribution in [2.75, 3.05) is 4.90 Å². The van der Waals surface area contributed by atoms with Crippen molar-refractivity contribution < 1.29 is 0 Å². The Hall–Kier alpha value is -4.88. The zero-order valence-corrected chi connectivity index (χ0v) is 30.2. The molecule has 9 rings (SSSR count). The molecule has 0 aliphatic heterocycles. The van der Waals surface area contributed by atoms with E-state index in [0.29, 0.717) is 0 Å². The van der Waals surface area contributed by atoms with Crippen LogP contribution in [0.5, 0.6) is 0 Å². The van der Waals surface area contributed by atoms with Crippen LogP contribution in [0.4, 0.5) is 11.4 Å².